The first-order valence-electron chi connectivity index (χ1n) is 11.8. The summed E-state index contributed by atoms with van der Waals surface area (Å²) in [6, 6.07) is 28.0. The maximum atomic E-state index is 5.99. The molecule has 0 aliphatic heterocycles. The molecule has 0 unspecified atom stereocenters. The molecule has 1 aliphatic rings. The third-order valence-corrected chi connectivity index (χ3v) is 6.72. The van der Waals surface area contributed by atoms with Crippen molar-refractivity contribution >= 4 is 0 Å². The molecule has 0 atom stereocenters. The number of para-hydroxylation sites is 1. The second-order valence-corrected chi connectivity index (χ2v) is 8.94. The zero-order valence-corrected chi connectivity index (χ0v) is 19.4. The van der Waals surface area contributed by atoms with Crippen LogP contribution in [0.25, 0.3) is 0 Å². The molecule has 0 heterocycles. The van der Waals surface area contributed by atoms with E-state index in [0.717, 1.165) is 24.7 Å². The van der Waals surface area contributed by atoms with Crippen molar-refractivity contribution in [3.8, 4) is 11.5 Å². The van der Waals surface area contributed by atoms with Gasteiger partial charge in [-0.05, 0) is 80.5 Å². The molecule has 0 bridgehead atoms. The molecular formula is C29H35NO2. The number of nitrogens with zero attached hydrogens (tertiary/aromatic N) is 1. The number of hydrogen-bond acceptors (Lipinski definition) is 3. The van der Waals surface area contributed by atoms with Crippen molar-refractivity contribution in [1.29, 1.82) is 0 Å². The van der Waals surface area contributed by atoms with Gasteiger partial charge in [0.2, 0.25) is 0 Å². The van der Waals surface area contributed by atoms with Crippen LogP contribution in [0.3, 0.4) is 0 Å². The van der Waals surface area contributed by atoms with Crippen molar-refractivity contribution in [3.05, 3.63) is 95.6 Å². The molecule has 0 spiro atoms. The first-order chi connectivity index (χ1) is 15.7. The minimum atomic E-state index is 0.616. The van der Waals surface area contributed by atoms with E-state index in [1.54, 1.807) is 0 Å². The molecule has 3 nitrogen and oxygen atoms in total. The average molecular weight is 430 g/mol. The van der Waals surface area contributed by atoms with Gasteiger partial charge in [-0.15, -0.1) is 0 Å². The molecule has 1 saturated carbocycles. The highest BCUT2D eigenvalue weighted by molar-refractivity contribution is 5.32. The van der Waals surface area contributed by atoms with E-state index < -0.39 is 0 Å². The van der Waals surface area contributed by atoms with E-state index >= 15 is 0 Å². The molecule has 4 rings (SSSR count). The molecule has 0 aromatic heterocycles. The summed E-state index contributed by atoms with van der Waals surface area (Å²) in [6.45, 7) is 4.43. The Kier molecular flexibility index (Phi) is 7.84. The number of hydrogen-bond donors (Lipinski definition) is 0. The zero-order chi connectivity index (χ0) is 22.2. The highest BCUT2D eigenvalue weighted by Gasteiger charge is 2.25. The Labute approximate surface area is 193 Å². The van der Waals surface area contributed by atoms with Crippen LogP contribution in [-0.4, -0.2) is 31.1 Å². The Hall–Kier alpha value is -2.78. The highest BCUT2D eigenvalue weighted by atomic mass is 16.5. The Morgan fingerprint density at radius 1 is 0.781 bits per heavy atom. The fraction of sp³-hybridized carbons (Fsp3) is 0.379. The molecule has 1 fully saturated rings. The van der Waals surface area contributed by atoms with E-state index in [-0.39, 0.29) is 0 Å². The second-order valence-electron chi connectivity index (χ2n) is 8.94. The smallest absolute Gasteiger partial charge is 0.122 e. The molecular weight excluding hydrogens is 394 g/mol. The van der Waals surface area contributed by atoms with Crippen LogP contribution in [0.4, 0.5) is 0 Å². The van der Waals surface area contributed by atoms with Crippen molar-refractivity contribution in [2.45, 2.75) is 51.2 Å². The van der Waals surface area contributed by atoms with E-state index in [9.17, 15) is 0 Å². The predicted molar refractivity (Wildman–Crippen MR) is 132 cm³/mol. The van der Waals surface area contributed by atoms with E-state index in [2.05, 4.69) is 73.5 Å². The number of likely N-dealkylation sites (N-methyl/N-ethyl adjacent to an activating group) is 1. The summed E-state index contributed by atoms with van der Waals surface area (Å²) in [6.07, 6.45) is 4.99. The van der Waals surface area contributed by atoms with Crippen LogP contribution >= 0.6 is 0 Å². The number of ether oxygens (including phenoxy) is 2. The molecule has 32 heavy (non-hydrogen) atoms. The van der Waals surface area contributed by atoms with Gasteiger partial charge in [0.05, 0.1) is 0 Å². The second kappa shape index (κ2) is 11.2. The Morgan fingerprint density at radius 3 is 2.19 bits per heavy atom. The van der Waals surface area contributed by atoms with Gasteiger partial charge in [-0.25, -0.2) is 0 Å². The van der Waals surface area contributed by atoms with Crippen molar-refractivity contribution in [2.75, 3.05) is 20.2 Å². The van der Waals surface area contributed by atoms with Gasteiger partial charge in [0.1, 0.15) is 24.7 Å². The van der Waals surface area contributed by atoms with Crippen molar-refractivity contribution < 1.29 is 9.47 Å². The minimum Gasteiger partial charge on any atom is -0.492 e. The van der Waals surface area contributed by atoms with Gasteiger partial charge >= 0.3 is 0 Å². The summed E-state index contributed by atoms with van der Waals surface area (Å²) >= 11 is 0. The van der Waals surface area contributed by atoms with Gasteiger partial charge in [-0.1, -0.05) is 60.7 Å². The fourth-order valence-electron chi connectivity index (χ4n) is 4.63. The normalized spacial score (nSPS) is 18.5. The molecule has 0 N–H and O–H groups in total. The van der Waals surface area contributed by atoms with Crippen LogP contribution < -0.4 is 9.47 Å². The van der Waals surface area contributed by atoms with Crippen molar-refractivity contribution in [3.63, 3.8) is 0 Å². The lowest BCUT2D eigenvalue weighted by molar-refractivity contribution is 0.153. The minimum absolute atomic E-state index is 0.616. The van der Waals surface area contributed by atoms with Crippen LogP contribution in [0.15, 0.2) is 78.9 Å². The van der Waals surface area contributed by atoms with Crippen LogP contribution in [0.5, 0.6) is 11.5 Å². The Balaban J connectivity index is 1.19. The largest absolute Gasteiger partial charge is 0.492 e. The van der Waals surface area contributed by atoms with E-state index in [0.29, 0.717) is 18.6 Å². The van der Waals surface area contributed by atoms with Crippen LogP contribution in [0, 0.1) is 6.92 Å². The lowest BCUT2D eigenvalue weighted by Crippen LogP contribution is -2.37. The topological polar surface area (TPSA) is 21.7 Å². The summed E-state index contributed by atoms with van der Waals surface area (Å²) in [4.78, 5) is 2.48. The first-order valence-corrected chi connectivity index (χ1v) is 11.8. The quantitative estimate of drug-likeness (QED) is 0.382. The van der Waals surface area contributed by atoms with Crippen LogP contribution in [-0.2, 0) is 6.61 Å². The van der Waals surface area contributed by atoms with E-state index in [1.165, 1.54) is 42.4 Å². The maximum absolute atomic E-state index is 5.99. The zero-order valence-electron chi connectivity index (χ0n) is 19.4. The molecule has 1 aliphatic carbocycles. The van der Waals surface area contributed by atoms with Gasteiger partial charge in [0.15, 0.2) is 0 Å². The molecule has 0 amide bonds. The lowest BCUT2D eigenvalue weighted by atomic mass is 9.81. The van der Waals surface area contributed by atoms with E-state index in [1.807, 2.05) is 24.3 Å². The third-order valence-electron chi connectivity index (χ3n) is 6.72. The molecule has 3 aromatic rings. The number of aryl methyl sites for hydroxylation is 1. The van der Waals surface area contributed by atoms with Crippen LogP contribution in [0.2, 0.25) is 0 Å². The Bertz CT molecular complexity index is 946. The molecule has 168 valence electrons. The SMILES string of the molecule is Cc1ccccc1OCCN(C)C1CCC(c2ccc(OCc3ccccc3)cc2)CC1. The fourth-order valence-corrected chi connectivity index (χ4v) is 4.63. The lowest BCUT2D eigenvalue weighted by Gasteiger charge is -2.35. The van der Waals surface area contributed by atoms with Gasteiger partial charge in [0, 0.05) is 12.6 Å². The standard InChI is InChI=1S/C29H35NO2/c1-23-8-6-7-11-29(23)31-21-20-30(2)27-16-12-25(13-17-27)26-14-18-28(19-15-26)32-22-24-9-4-3-5-10-24/h3-11,14-15,18-19,25,27H,12-13,16-17,20-22H2,1-2H3. The average Bonchev–Trinajstić information content (AvgIpc) is 2.85. The third kappa shape index (κ3) is 6.14. The Morgan fingerprint density at radius 2 is 1.47 bits per heavy atom. The summed E-state index contributed by atoms with van der Waals surface area (Å²) in [5, 5.41) is 0. The number of benzene rings is 3. The van der Waals surface area contributed by atoms with Gasteiger partial charge in [-0.2, -0.15) is 0 Å². The van der Waals surface area contributed by atoms with Gasteiger partial charge in [-0.3, -0.25) is 0 Å². The summed E-state index contributed by atoms with van der Waals surface area (Å²) < 4.78 is 11.9. The van der Waals surface area contributed by atoms with Crippen molar-refractivity contribution in [2.24, 2.45) is 0 Å². The van der Waals surface area contributed by atoms with Crippen molar-refractivity contribution in [1.82, 2.24) is 4.90 Å². The maximum Gasteiger partial charge on any atom is 0.122 e. The molecule has 3 aromatic carbocycles. The highest BCUT2D eigenvalue weighted by Crippen LogP contribution is 2.35. The van der Waals surface area contributed by atoms with Crippen LogP contribution in [0.1, 0.15) is 48.3 Å². The first kappa shape index (κ1) is 22.4. The summed E-state index contributed by atoms with van der Waals surface area (Å²) in [7, 11) is 2.24. The number of rotatable bonds is 9. The molecule has 3 heteroatoms. The summed E-state index contributed by atoms with van der Waals surface area (Å²) in [5.41, 5.74) is 3.84. The molecule has 0 saturated heterocycles. The summed E-state index contributed by atoms with van der Waals surface area (Å²) in [5.74, 6) is 2.60. The predicted octanol–water partition coefficient (Wildman–Crippen LogP) is 6.61. The molecule has 0 radical (unpaired) electrons. The monoisotopic (exact) mass is 429 g/mol. The van der Waals surface area contributed by atoms with Gasteiger partial charge in [0.25, 0.3) is 0 Å². The van der Waals surface area contributed by atoms with Gasteiger partial charge < -0.3 is 14.4 Å². The van der Waals surface area contributed by atoms with E-state index in [4.69, 9.17) is 9.47 Å².